The van der Waals surface area contributed by atoms with Crippen LogP contribution in [-0.4, -0.2) is 11.7 Å². The molecule has 0 atom stereocenters. The molecule has 2 rings (SSSR count). The summed E-state index contributed by atoms with van der Waals surface area (Å²) < 4.78 is 13.7. The van der Waals surface area contributed by atoms with Gasteiger partial charge in [0.25, 0.3) is 5.91 Å². The highest BCUT2D eigenvalue weighted by Crippen LogP contribution is 2.27. The predicted molar refractivity (Wildman–Crippen MR) is 86.5 cm³/mol. The van der Waals surface area contributed by atoms with E-state index in [0.717, 1.165) is 16.2 Å². The van der Waals surface area contributed by atoms with Crippen molar-refractivity contribution < 1.29 is 9.18 Å². The smallest absolute Gasteiger partial charge is 0.258 e. The van der Waals surface area contributed by atoms with Crippen LogP contribution < -0.4 is 5.32 Å². The zero-order chi connectivity index (χ0) is 15.2. The molecule has 0 spiro atoms. The summed E-state index contributed by atoms with van der Waals surface area (Å²) in [6.45, 7) is 5.50. The molecule has 2 nitrogen and oxygen atoms in total. The van der Waals surface area contributed by atoms with Gasteiger partial charge in [-0.25, -0.2) is 4.39 Å². The van der Waals surface area contributed by atoms with E-state index in [2.05, 4.69) is 11.9 Å². The van der Waals surface area contributed by atoms with Gasteiger partial charge in [0.1, 0.15) is 5.82 Å². The summed E-state index contributed by atoms with van der Waals surface area (Å²) in [5.74, 6) is -0.219. The first-order chi connectivity index (χ1) is 10.1. The first-order valence-electron chi connectivity index (χ1n) is 6.52. The molecule has 0 aliphatic carbocycles. The summed E-state index contributed by atoms with van der Waals surface area (Å²) in [6, 6.07) is 11.9. The normalized spacial score (nSPS) is 10.2. The van der Waals surface area contributed by atoms with Crippen LogP contribution in [0.15, 0.2) is 60.0 Å². The Hall–Kier alpha value is -2.07. The van der Waals surface area contributed by atoms with Crippen LogP contribution >= 0.6 is 11.8 Å². The van der Waals surface area contributed by atoms with E-state index in [1.807, 2.05) is 25.1 Å². The SMILES string of the molecule is C=CCSc1ccccc1NC(=O)c1cc(C)ccc1F. The first-order valence-corrected chi connectivity index (χ1v) is 7.50. The number of benzene rings is 2. The Morgan fingerprint density at radius 3 is 2.86 bits per heavy atom. The van der Waals surface area contributed by atoms with Crippen molar-refractivity contribution in [3.05, 3.63) is 72.1 Å². The molecule has 108 valence electrons. The zero-order valence-electron chi connectivity index (χ0n) is 11.7. The van der Waals surface area contributed by atoms with Crippen molar-refractivity contribution in [3.63, 3.8) is 0 Å². The van der Waals surface area contributed by atoms with Gasteiger partial charge in [0.05, 0.1) is 11.3 Å². The van der Waals surface area contributed by atoms with Gasteiger partial charge in [-0.3, -0.25) is 4.79 Å². The van der Waals surface area contributed by atoms with Crippen LogP contribution in [0.3, 0.4) is 0 Å². The molecule has 4 heteroatoms. The Morgan fingerprint density at radius 2 is 2.10 bits per heavy atom. The summed E-state index contributed by atoms with van der Waals surface area (Å²) in [4.78, 5) is 13.2. The van der Waals surface area contributed by atoms with Crippen molar-refractivity contribution in [2.45, 2.75) is 11.8 Å². The number of anilines is 1. The lowest BCUT2D eigenvalue weighted by molar-refractivity contribution is 0.102. The summed E-state index contributed by atoms with van der Waals surface area (Å²) in [5.41, 5.74) is 1.57. The number of hydrogen-bond acceptors (Lipinski definition) is 2. The number of aryl methyl sites for hydroxylation is 1. The molecule has 21 heavy (non-hydrogen) atoms. The molecule has 0 aliphatic rings. The molecule has 0 aliphatic heterocycles. The second-order valence-electron chi connectivity index (χ2n) is 4.53. The van der Waals surface area contributed by atoms with E-state index in [0.29, 0.717) is 5.69 Å². The van der Waals surface area contributed by atoms with Gasteiger partial charge in [0, 0.05) is 10.6 Å². The molecule has 0 fully saturated rings. The first kappa shape index (κ1) is 15.3. The Balaban J connectivity index is 2.23. The fraction of sp³-hybridized carbons (Fsp3) is 0.118. The van der Waals surface area contributed by atoms with Crippen molar-refractivity contribution in [1.29, 1.82) is 0 Å². The number of carbonyl (C=O) groups is 1. The molecule has 0 aromatic heterocycles. The minimum Gasteiger partial charge on any atom is -0.321 e. The maximum absolute atomic E-state index is 13.7. The lowest BCUT2D eigenvalue weighted by Gasteiger charge is -2.11. The van der Waals surface area contributed by atoms with Crippen molar-refractivity contribution in [1.82, 2.24) is 0 Å². The summed E-state index contributed by atoms with van der Waals surface area (Å²) in [6.07, 6.45) is 1.80. The van der Waals surface area contributed by atoms with Gasteiger partial charge in [-0.1, -0.05) is 29.8 Å². The van der Waals surface area contributed by atoms with Crippen molar-refractivity contribution >= 4 is 23.4 Å². The topological polar surface area (TPSA) is 29.1 Å². The number of para-hydroxylation sites is 1. The van der Waals surface area contributed by atoms with Gasteiger partial charge in [0.2, 0.25) is 0 Å². The molecule has 0 saturated carbocycles. The number of nitrogens with one attached hydrogen (secondary N) is 1. The number of hydrogen-bond donors (Lipinski definition) is 1. The Kier molecular flexibility index (Phi) is 5.17. The van der Waals surface area contributed by atoms with E-state index in [1.165, 1.54) is 6.07 Å². The maximum Gasteiger partial charge on any atom is 0.258 e. The summed E-state index contributed by atoms with van der Waals surface area (Å²) in [5, 5.41) is 2.77. The number of carbonyl (C=O) groups excluding carboxylic acids is 1. The predicted octanol–water partition coefficient (Wildman–Crippen LogP) is 4.66. The van der Waals surface area contributed by atoms with Crippen molar-refractivity contribution in [2.24, 2.45) is 0 Å². The molecule has 0 radical (unpaired) electrons. The summed E-state index contributed by atoms with van der Waals surface area (Å²) >= 11 is 1.57. The number of thioether (sulfide) groups is 1. The maximum atomic E-state index is 13.7. The molecule has 2 aromatic carbocycles. The van der Waals surface area contributed by atoms with Crippen molar-refractivity contribution in [2.75, 3.05) is 11.1 Å². The van der Waals surface area contributed by atoms with E-state index in [1.54, 1.807) is 36.0 Å². The fourth-order valence-electron chi connectivity index (χ4n) is 1.85. The van der Waals surface area contributed by atoms with Crippen molar-refractivity contribution in [3.8, 4) is 0 Å². The Morgan fingerprint density at radius 1 is 1.33 bits per heavy atom. The Bertz CT molecular complexity index is 670. The van der Waals surface area contributed by atoms with E-state index < -0.39 is 11.7 Å². The standard InChI is InChI=1S/C17H16FNOS/c1-3-10-21-16-7-5-4-6-15(16)19-17(20)13-11-12(2)8-9-14(13)18/h3-9,11H,1,10H2,2H3,(H,19,20). The average molecular weight is 301 g/mol. The number of halogens is 1. The number of rotatable bonds is 5. The lowest BCUT2D eigenvalue weighted by atomic mass is 10.1. The zero-order valence-corrected chi connectivity index (χ0v) is 12.5. The highest BCUT2D eigenvalue weighted by atomic mass is 32.2. The second kappa shape index (κ2) is 7.09. The van der Waals surface area contributed by atoms with Gasteiger partial charge in [0.15, 0.2) is 0 Å². The van der Waals surface area contributed by atoms with Gasteiger partial charge in [-0.15, -0.1) is 18.3 Å². The monoisotopic (exact) mass is 301 g/mol. The minimum atomic E-state index is -0.519. The van der Waals surface area contributed by atoms with Crippen LogP contribution in [0.2, 0.25) is 0 Å². The Labute approximate surface area is 128 Å². The molecule has 0 bridgehead atoms. The van der Waals surface area contributed by atoms with Crippen LogP contribution in [0.25, 0.3) is 0 Å². The average Bonchev–Trinajstić information content (AvgIpc) is 2.48. The molecule has 0 unspecified atom stereocenters. The van der Waals surface area contributed by atoms with E-state index in [9.17, 15) is 9.18 Å². The fourth-order valence-corrected chi connectivity index (χ4v) is 2.59. The second-order valence-corrected chi connectivity index (χ2v) is 5.60. The van der Waals surface area contributed by atoms with Crippen LogP contribution in [0.5, 0.6) is 0 Å². The highest BCUT2D eigenvalue weighted by molar-refractivity contribution is 7.99. The molecule has 0 heterocycles. The van der Waals surface area contributed by atoms with Gasteiger partial charge in [-0.2, -0.15) is 0 Å². The van der Waals surface area contributed by atoms with E-state index >= 15 is 0 Å². The van der Waals surface area contributed by atoms with E-state index in [-0.39, 0.29) is 5.56 Å². The third kappa shape index (κ3) is 3.95. The van der Waals surface area contributed by atoms with Gasteiger partial charge in [-0.05, 0) is 31.2 Å². The van der Waals surface area contributed by atoms with Gasteiger partial charge >= 0.3 is 0 Å². The van der Waals surface area contributed by atoms with Gasteiger partial charge < -0.3 is 5.32 Å². The third-order valence-electron chi connectivity index (χ3n) is 2.86. The highest BCUT2D eigenvalue weighted by Gasteiger charge is 2.13. The molecule has 2 aromatic rings. The summed E-state index contributed by atoms with van der Waals surface area (Å²) in [7, 11) is 0. The largest absolute Gasteiger partial charge is 0.321 e. The van der Waals surface area contributed by atoms with Crippen LogP contribution in [0.4, 0.5) is 10.1 Å². The number of amides is 1. The van der Waals surface area contributed by atoms with Crippen LogP contribution in [0.1, 0.15) is 15.9 Å². The molecular weight excluding hydrogens is 285 g/mol. The third-order valence-corrected chi connectivity index (χ3v) is 3.93. The molecule has 1 amide bonds. The van der Waals surface area contributed by atoms with Crippen LogP contribution in [-0.2, 0) is 0 Å². The lowest BCUT2D eigenvalue weighted by Crippen LogP contribution is -2.14. The quantitative estimate of drug-likeness (QED) is 0.642. The van der Waals surface area contributed by atoms with Crippen LogP contribution in [0, 0.1) is 12.7 Å². The molecule has 0 saturated heterocycles. The molecular formula is C17H16FNOS. The molecule has 1 N–H and O–H groups in total. The minimum absolute atomic E-state index is 0.0542. The van der Waals surface area contributed by atoms with E-state index in [4.69, 9.17) is 0 Å².